The van der Waals surface area contributed by atoms with Crippen LogP contribution in [-0.4, -0.2) is 62.9 Å². The van der Waals surface area contributed by atoms with Gasteiger partial charge in [0.1, 0.15) is 11.5 Å². The van der Waals surface area contributed by atoms with Crippen molar-refractivity contribution >= 4 is 24.4 Å². The lowest BCUT2D eigenvalue weighted by Crippen LogP contribution is -2.38. The Bertz CT molecular complexity index is 1100. The number of ether oxygens (including phenoxy) is 3. The molecule has 9 nitrogen and oxygen atoms in total. The molecular formula is C30H40N2O7. The van der Waals surface area contributed by atoms with Gasteiger partial charge in [-0.3, -0.25) is 19.2 Å². The maximum absolute atomic E-state index is 12.2. The van der Waals surface area contributed by atoms with E-state index >= 15 is 0 Å². The first kappa shape index (κ1) is 31.5. The van der Waals surface area contributed by atoms with E-state index in [-0.39, 0.29) is 36.0 Å². The summed E-state index contributed by atoms with van der Waals surface area (Å²) in [6.45, 7) is 9.27. The van der Waals surface area contributed by atoms with Crippen LogP contribution in [0.25, 0.3) is 0 Å². The normalized spacial score (nSPS) is 11.4. The third kappa shape index (κ3) is 12.1. The number of amides is 2. The van der Waals surface area contributed by atoms with Crippen LogP contribution in [0.15, 0.2) is 48.5 Å². The van der Waals surface area contributed by atoms with E-state index in [1.807, 2.05) is 13.8 Å². The molecule has 2 rings (SSSR count). The number of benzene rings is 2. The predicted molar refractivity (Wildman–Crippen MR) is 148 cm³/mol. The highest BCUT2D eigenvalue weighted by molar-refractivity contribution is 5.81. The smallest absolute Gasteiger partial charge is 0.257 e. The summed E-state index contributed by atoms with van der Waals surface area (Å²) < 4.78 is 17.0. The van der Waals surface area contributed by atoms with Crippen molar-refractivity contribution in [1.29, 1.82) is 0 Å². The minimum absolute atomic E-state index is 0.158. The molecule has 0 saturated heterocycles. The molecule has 2 N–H and O–H groups in total. The van der Waals surface area contributed by atoms with Crippen molar-refractivity contribution in [2.24, 2.45) is 5.41 Å². The Morgan fingerprint density at radius 3 is 1.82 bits per heavy atom. The van der Waals surface area contributed by atoms with E-state index in [1.165, 1.54) is 0 Å². The second-order valence-electron chi connectivity index (χ2n) is 10.6. The van der Waals surface area contributed by atoms with Gasteiger partial charge in [-0.1, -0.05) is 38.1 Å². The summed E-state index contributed by atoms with van der Waals surface area (Å²) in [7, 11) is 0. The van der Waals surface area contributed by atoms with Gasteiger partial charge in [0.15, 0.2) is 25.8 Å². The highest BCUT2D eigenvalue weighted by Crippen LogP contribution is 2.23. The first-order valence-electron chi connectivity index (χ1n) is 13.1. The Hall–Kier alpha value is -3.72. The maximum atomic E-state index is 12.2. The van der Waals surface area contributed by atoms with Crippen LogP contribution in [0.5, 0.6) is 11.5 Å². The van der Waals surface area contributed by atoms with Crippen molar-refractivity contribution in [3.05, 3.63) is 59.7 Å². The average molecular weight is 541 g/mol. The lowest BCUT2D eigenvalue weighted by molar-refractivity contribution is -0.124. The third-order valence-corrected chi connectivity index (χ3v) is 6.12. The number of carbonyl (C=O) groups is 4. The Morgan fingerprint density at radius 2 is 1.28 bits per heavy atom. The van der Waals surface area contributed by atoms with Crippen LogP contribution in [0.3, 0.4) is 0 Å². The van der Waals surface area contributed by atoms with Gasteiger partial charge in [-0.25, -0.2) is 0 Å². The number of hydrogen-bond donors (Lipinski definition) is 2. The fourth-order valence-electron chi connectivity index (χ4n) is 3.65. The molecule has 0 aromatic heterocycles. The van der Waals surface area contributed by atoms with Crippen LogP contribution < -0.4 is 20.1 Å². The van der Waals surface area contributed by atoms with Gasteiger partial charge in [-0.05, 0) is 62.8 Å². The molecule has 2 amide bonds. The highest BCUT2D eigenvalue weighted by atomic mass is 16.5. The molecule has 0 saturated carbocycles. The molecule has 212 valence electrons. The van der Waals surface area contributed by atoms with Crippen LogP contribution in [-0.2, 0) is 14.3 Å². The van der Waals surface area contributed by atoms with E-state index in [2.05, 4.69) is 24.5 Å². The van der Waals surface area contributed by atoms with E-state index in [9.17, 15) is 19.2 Å². The summed E-state index contributed by atoms with van der Waals surface area (Å²) >= 11 is 0. The van der Waals surface area contributed by atoms with Gasteiger partial charge in [0.05, 0.1) is 16.7 Å². The second kappa shape index (κ2) is 15.6. The molecule has 0 atom stereocenters. The van der Waals surface area contributed by atoms with Gasteiger partial charge in [0.2, 0.25) is 0 Å². The van der Waals surface area contributed by atoms with Crippen molar-refractivity contribution in [2.75, 3.05) is 32.9 Å². The fourth-order valence-corrected chi connectivity index (χ4v) is 3.65. The quantitative estimate of drug-likeness (QED) is 0.217. The van der Waals surface area contributed by atoms with Gasteiger partial charge < -0.3 is 24.8 Å². The minimum atomic E-state index is -0.372. The van der Waals surface area contributed by atoms with Gasteiger partial charge >= 0.3 is 0 Å². The molecule has 0 heterocycles. The number of aldehydes is 2. The molecule has 0 aliphatic carbocycles. The summed E-state index contributed by atoms with van der Waals surface area (Å²) in [5.41, 5.74) is 0.242. The second-order valence-corrected chi connectivity index (χ2v) is 10.6. The minimum Gasteiger partial charge on any atom is -0.483 e. The Morgan fingerprint density at radius 1 is 0.769 bits per heavy atom. The van der Waals surface area contributed by atoms with Gasteiger partial charge in [-0.2, -0.15) is 0 Å². The predicted octanol–water partition coefficient (Wildman–Crippen LogP) is 3.99. The molecule has 0 fully saturated rings. The SMILES string of the molecule is CC(C)(CCOC(C)(C)CCCNC(=O)COc1ccccc1C=O)CNC(=O)COc1ccccc1C=O. The zero-order valence-corrected chi connectivity index (χ0v) is 23.3. The number of rotatable bonds is 18. The molecule has 0 bridgehead atoms. The van der Waals surface area contributed by atoms with E-state index in [1.54, 1.807) is 48.5 Å². The lowest BCUT2D eigenvalue weighted by atomic mass is 9.89. The summed E-state index contributed by atoms with van der Waals surface area (Å²) in [5.74, 6) is 0.251. The van der Waals surface area contributed by atoms with Crippen molar-refractivity contribution in [3.8, 4) is 11.5 Å². The van der Waals surface area contributed by atoms with Gasteiger partial charge in [-0.15, -0.1) is 0 Å². The summed E-state index contributed by atoms with van der Waals surface area (Å²) in [4.78, 5) is 46.4. The molecule has 9 heteroatoms. The largest absolute Gasteiger partial charge is 0.483 e. The zero-order chi connectivity index (χ0) is 28.7. The Kier molecular flexibility index (Phi) is 12.6. The van der Waals surface area contributed by atoms with Crippen LogP contribution in [0.2, 0.25) is 0 Å². The topological polar surface area (TPSA) is 120 Å². The summed E-state index contributed by atoms with van der Waals surface area (Å²) in [6, 6.07) is 13.5. The van der Waals surface area contributed by atoms with Crippen molar-refractivity contribution in [1.82, 2.24) is 10.6 Å². The maximum Gasteiger partial charge on any atom is 0.257 e. The monoisotopic (exact) mass is 540 g/mol. The van der Waals surface area contributed by atoms with Crippen LogP contribution >= 0.6 is 0 Å². The standard InChI is InChI=1S/C30H40N2O7/c1-29(2,22-32-28(36)21-38-26-13-8-6-11-24(26)19-34)15-17-39-30(3,4)14-9-16-31-27(35)20-37-25-12-7-5-10-23(25)18-33/h5-8,10-13,18-19H,9,14-17,20-22H2,1-4H3,(H,31,35)(H,32,36). The van der Waals surface area contributed by atoms with E-state index < -0.39 is 0 Å². The van der Waals surface area contributed by atoms with Crippen LogP contribution in [0, 0.1) is 5.41 Å². The molecule has 2 aromatic carbocycles. The molecule has 2 aromatic rings. The third-order valence-electron chi connectivity index (χ3n) is 6.12. The van der Waals surface area contributed by atoms with E-state index in [0.717, 1.165) is 19.3 Å². The fraction of sp³-hybridized carbons (Fsp3) is 0.467. The molecular weight excluding hydrogens is 500 g/mol. The summed E-state index contributed by atoms with van der Waals surface area (Å²) in [6.07, 6.45) is 3.61. The first-order chi connectivity index (χ1) is 18.5. The van der Waals surface area contributed by atoms with Crippen molar-refractivity contribution in [2.45, 2.75) is 52.6 Å². The Balaban J connectivity index is 1.60. The average Bonchev–Trinajstić information content (AvgIpc) is 2.92. The van der Waals surface area contributed by atoms with Gasteiger partial charge in [0, 0.05) is 19.7 Å². The van der Waals surface area contributed by atoms with Crippen LogP contribution in [0.1, 0.15) is 67.7 Å². The first-order valence-corrected chi connectivity index (χ1v) is 13.1. The van der Waals surface area contributed by atoms with Crippen molar-refractivity contribution < 1.29 is 33.4 Å². The Labute approximate surface area is 230 Å². The molecule has 0 unspecified atom stereocenters. The lowest BCUT2D eigenvalue weighted by Gasteiger charge is -2.30. The molecule has 0 spiro atoms. The van der Waals surface area contributed by atoms with E-state index in [0.29, 0.717) is 54.9 Å². The number of para-hydroxylation sites is 2. The molecule has 0 radical (unpaired) electrons. The van der Waals surface area contributed by atoms with Gasteiger partial charge in [0.25, 0.3) is 11.8 Å². The molecule has 0 aliphatic rings. The van der Waals surface area contributed by atoms with Crippen molar-refractivity contribution in [3.63, 3.8) is 0 Å². The zero-order valence-electron chi connectivity index (χ0n) is 23.3. The summed E-state index contributed by atoms with van der Waals surface area (Å²) in [5, 5.41) is 5.70. The molecule has 0 aliphatic heterocycles. The molecule has 39 heavy (non-hydrogen) atoms. The number of carbonyl (C=O) groups excluding carboxylic acids is 4. The number of hydrogen-bond acceptors (Lipinski definition) is 7. The number of nitrogens with one attached hydrogen (secondary N) is 2. The van der Waals surface area contributed by atoms with Crippen LogP contribution in [0.4, 0.5) is 0 Å². The van der Waals surface area contributed by atoms with E-state index in [4.69, 9.17) is 14.2 Å². The highest BCUT2D eigenvalue weighted by Gasteiger charge is 2.23.